The standard InChI is InChI=1S/C21H18ClNO5/c22-14-3-5-15(6-4-14)28-19-12-27-18-11-16(7-8-17(18)21(19)25)26-13-20(24)23-9-1-2-10-23/h3-8,11-12H,1-2,9-10,13H2. The van der Waals surface area contributed by atoms with Gasteiger partial charge in [-0.3, -0.25) is 9.59 Å². The minimum absolute atomic E-state index is 0.0342. The van der Waals surface area contributed by atoms with Crippen LogP contribution < -0.4 is 14.9 Å². The predicted octanol–water partition coefficient (Wildman–Crippen LogP) is 4.24. The SMILES string of the molecule is O=C(COc1ccc2c(=O)c(Oc3ccc(Cl)cc3)coc2c1)N1CCCC1. The number of carbonyl (C=O) groups is 1. The van der Waals surface area contributed by atoms with Crippen LogP contribution in [-0.4, -0.2) is 30.5 Å². The van der Waals surface area contributed by atoms with Gasteiger partial charge in [0.25, 0.3) is 5.91 Å². The van der Waals surface area contributed by atoms with Crippen LogP contribution in [0.15, 0.2) is 57.9 Å². The van der Waals surface area contributed by atoms with Gasteiger partial charge in [0.2, 0.25) is 11.2 Å². The van der Waals surface area contributed by atoms with Gasteiger partial charge in [0, 0.05) is 24.2 Å². The Morgan fingerprint density at radius 3 is 2.54 bits per heavy atom. The van der Waals surface area contributed by atoms with Crippen LogP contribution >= 0.6 is 11.6 Å². The molecule has 3 aromatic rings. The first-order valence-corrected chi connectivity index (χ1v) is 9.37. The maximum atomic E-state index is 12.6. The zero-order valence-corrected chi connectivity index (χ0v) is 15.8. The number of fused-ring (bicyclic) bond motifs is 1. The summed E-state index contributed by atoms with van der Waals surface area (Å²) in [6.07, 6.45) is 3.33. The van der Waals surface area contributed by atoms with Crippen molar-refractivity contribution < 1.29 is 18.7 Å². The number of nitrogens with zero attached hydrogens (tertiary/aromatic N) is 1. The third-order valence-electron chi connectivity index (χ3n) is 4.58. The van der Waals surface area contributed by atoms with Gasteiger partial charge in [0.15, 0.2) is 6.61 Å². The van der Waals surface area contributed by atoms with E-state index in [0.717, 1.165) is 25.9 Å². The number of likely N-dealkylation sites (tertiary alicyclic amines) is 1. The lowest BCUT2D eigenvalue weighted by molar-refractivity contribution is -0.132. The van der Waals surface area contributed by atoms with Gasteiger partial charge in [-0.1, -0.05) is 11.6 Å². The first kappa shape index (κ1) is 18.4. The molecule has 7 heteroatoms. The molecule has 144 valence electrons. The number of rotatable bonds is 5. The van der Waals surface area contributed by atoms with E-state index < -0.39 is 0 Å². The number of amides is 1. The molecule has 2 heterocycles. The highest BCUT2D eigenvalue weighted by Gasteiger charge is 2.18. The molecule has 1 aromatic heterocycles. The minimum atomic E-state index is -0.295. The summed E-state index contributed by atoms with van der Waals surface area (Å²) in [7, 11) is 0. The molecule has 6 nitrogen and oxygen atoms in total. The highest BCUT2D eigenvalue weighted by atomic mass is 35.5. The van der Waals surface area contributed by atoms with Crippen LogP contribution in [0.4, 0.5) is 0 Å². The third-order valence-corrected chi connectivity index (χ3v) is 4.83. The average molecular weight is 400 g/mol. The van der Waals surface area contributed by atoms with Gasteiger partial charge in [0.1, 0.15) is 23.3 Å². The van der Waals surface area contributed by atoms with Crippen molar-refractivity contribution in [3.05, 3.63) is 64.0 Å². The van der Waals surface area contributed by atoms with Gasteiger partial charge >= 0.3 is 0 Å². The lowest BCUT2D eigenvalue weighted by atomic mass is 10.2. The molecular formula is C21H18ClNO5. The summed E-state index contributed by atoms with van der Waals surface area (Å²) in [6.45, 7) is 1.53. The van der Waals surface area contributed by atoms with E-state index in [0.29, 0.717) is 27.5 Å². The van der Waals surface area contributed by atoms with Crippen molar-refractivity contribution in [3.8, 4) is 17.2 Å². The molecule has 1 aliphatic heterocycles. The summed E-state index contributed by atoms with van der Waals surface area (Å²) in [5.74, 6) is 0.990. The van der Waals surface area contributed by atoms with E-state index in [4.69, 9.17) is 25.5 Å². The molecule has 4 rings (SSSR count). The molecule has 0 radical (unpaired) electrons. The molecule has 1 amide bonds. The molecule has 28 heavy (non-hydrogen) atoms. The van der Waals surface area contributed by atoms with E-state index in [1.54, 1.807) is 47.4 Å². The molecule has 0 atom stereocenters. The monoisotopic (exact) mass is 399 g/mol. The Hall–Kier alpha value is -2.99. The second kappa shape index (κ2) is 7.94. The average Bonchev–Trinajstić information content (AvgIpc) is 3.25. The summed E-state index contributed by atoms with van der Waals surface area (Å²) in [4.78, 5) is 26.5. The van der Waals surface area contributed by atoms with E-state index in [9.17, 15) is 9.59 Å². The van der Waals surface area contributed by atoms with Crippen LogP contribution in [0.25, 0.3) is 11.0 Å². The van der Waals surface area contributed by atoms with Crippen molar-refractivity contribution in [2.75, 3.05) is 19.7 Å². The molecule has 2 aromatic carbocycles. The summed E-state index contributed by atoms with van der Waals surface area (Å²) >= 11 is 5.85. The highest BCUT2D eigenvalue weighted by molar-refractivity contribution is 6.30. The van der Waals surface area contributed by atoms with E-state index in [1.807, 2.05) is 0 Å². The topological polar surface area (TPSA) is 69.0 Å². The second-order valence-corrected chi connectivity index (χ2v) is 6.96. The second-order valence-electron chi connectivity index (χ2n) is 6.52. The fourth-order valence-electron chi connectivity index (χ4n) is 3.08. The zero-order chi connectivity index (χ0) is 19.5. The Labute approximate surface area is 166 Å². The van der Waals surface area contributed by atoms with Crippen molar-refractivity contribution >= 4 is 28.5 Å². The summed E-state index contributed by atoms with van der Waals surface area (Å²) in [6, 6.07) is 11.5. The number of benzene rings is 2. The van der Waals surface area contributed by atoms with Crippen LogP contribution in [0, 0.1) is 0 Å². The summed E-state index contributed by atoms with van der Waals surface area (Å²) in [5, 5.41) is 0.943. The van der Waals surface area contributed by atoms with Crippen LogP contribution in [0.3, 0.4) is 0 Å². The van der Waals surface area contributed by atoms with Crippen molar-refractivity contribution in [2.45, 2.75) is 12.8 Å². The van der Waals surface area contributed by atoms with Gasteiger partial charge in [0.05, 0.1) is 5.39 Å². The van der Waals surface area contributed by atoms with Crippen molar-refractivity contribution in [1.82, 2.24) is 4.90 Å². The highest BCUT2D eigenvalue weighted by Crippen LogP contribution is 2.25. The number of ether oxygens (including phenoxy) is 2. The number of hydrogen-bond donors (Lipinski definition) is 0. The summed E-state index contributed by atoms with van der Waals surface area (Å²) < 4.78 is 16.7. The van der Waals surface area contributed by atoms with Crippen LogP contribution in [0.5, 0.6) is 17.2 Å². The fourth-order valence-corrected chi connectivity index (χ4v) is 3.21. The van der Waals surface area contributed by atoms with Crippen molar-refractivity contribution in [1.29, 1.82) is 0 Å². The van der Waals surface area contributed by atoms with E-state index >= 15 is 0 Å². The first-order valence-electron chi connectivity index (χ1n) is 9.00. The first-order chi connectivity index (χ1) is 13.6. The molecular weight excluding hydrogens is 382 g/mol. The number of hydrogen-bond acceptors (Lipinski definition) is 5. The lowest BCUT2D eigenvalue weighted by Gasteiger charge is -2.15. The van der Waals surface area contributed by atoms with E-state index in [1.165, 1.54) is 6.26 Å². The van der Waals surface area contributed by atoms with Crippen LogP contribution in [0.1, 0.15) is 12.8 Å². The maximum Gasteiger partial charge on any atom is 0.260 e. The van der Waals surface area contributed by atoms with E-state index in [-0.39, 0.29) is 23.7 Å². The number of carbonyl (C=O) groups excluding carboxylic acids is 1. The Morgan fingerprint density at radius 2 is 1.79 bits per heavy atom. The zero-order valence-electron chi connectivity index (χ0n) is 15.0. The van der Waals surface area contributed by atoms with Crippen LogP contribution in [0.2, 0.25) is 5.02 Å². The third kappa shape index (κ3) is 3.97. The number of halogens is 1. The Bertz CT molecular complexity index is 1050. The van der Waals surface area contributed by atoms with Gasteiger partial charge in [-0.15, -0.1) is 0 Å². The molecule has 1 aliphatic rings. The smallest absolute Gasteiger partial charge is 0.260 e. The van der Waals surface area contributed by atoms with Crippen LogP contribution in [-0.2, 0) is 4.79 Å². The molecule has 0 spiro atoms. The molecule has 1 saturated heterocycles. The van der Waals surface area contributed by atoms with Crippen molar-refractivity contribution in [2.24, 2.45) is 0 Å². The molecule has 0 N–H and O–H groups in total. The van der Waals surface area contributed by atoms with E-state index in [2.05, 4.69) is 0 Å². The fraction of sp³-hybridized carbons (Fsp3) is 0.238. The molecule has 0 bridgehead atoms. The molecule has 0 saturated carbocycles. The van der Waals surface area contributed by atoms with Gasteiger partial charge in [-0.2, -0.15) is 0 Å². The Kier molecular flexibility index (Phi) is 5.21. The normalized spacial score (nSPS) is 13.7. The largest absolute Gasteiger partial charge is 0.484 e. The Balaban J connectivity index is 1.50. The molecule has 0 aliphatic carbocycles. The van der Waals surface area contributed by atoms with Gasteiger partial charge in [-0.05, 0) is 49.2 Å². The summed E-state index contributed by atoms with van der Waals surface area (Å²) in [5.41, 5.74) is 0.0653. The molecule has 0 unspecified atom stereocenters. The molecule has 1 fully saturated rings. The van der Waals surface area contributed by atoms with Crippen molar-refractivity contribution in [3.63, 3.8) is 0 Å². The predicted molar refractivity (Wildman–Crippen MR) is 105 cm³/mol. The Morgan fingerprint density at radius 1 is 1.07 bits per heavy atom. The minimum Gasteiger partial charge on any atom is -0.484 e. The van der Waals surface area contributed by atoms with Gasteiger partial charge < -0.3 is 18.8 Å². The maximum absolute atomic E-state index is 12.6. The quantitative estimate of drug-likeness (QED) is 0.641. The van der Waals surface area contributed by atoms with Gasteiger partial charge in [-0.25, -0.2) is 0 Å². The lowest BCUT2D eigenvalue weighted by Crippen LogP contribution is -2.32.